The predicted molar refractivity (Wildman–Crippen MR) is 91.0 cm³/mol. The minimum atomic E-state index is -0.614. The van der Waals surface area contributed by atoms with Crippen LogP contribution in [0.2, 0.25) is 0 Å². The van der Waals surface area contributed by atoms with Crippen molar-refractivity contribution in [1.29, 1.82) is 0 Å². The van der Waals surface area contributed by atoms with Gasteiger partial charge in [-0.25, -0.2) is 4.79 Å². The van der Waals surface area contributed by atoms with E-state index in [1.807, 2.05) is 26.8 Å². The minimum absolute atomic E-state index is 0.143. The molecule has 0 aliphatic carbocycles. The number of benzene rings is 2. The number of carbonyl (C=O) groups is 1. The van der Waals surface area contributed by atoms with Crippen LogP contribution in [-0.2, 0) is 0 Å². The van der Waals surface area contributed by atoms with Crippen LogP contribution in [0.15, 0.2) is 40.9 Å². The number of non-ortho nitro benzene ring substituents is 1. The van der Waals surface area contributed by atoms with Gasteiger partial charge in [-0.2, -0.15) is 0 Å². The Morgan fingerprint density at radius 3 is 2.57 bits per heavy atom. The van der Waals surface area contributed by atoms with Gasteiger partial charge in [-0.3, -0.25) is 10.1 Å². The molecule has 0 aromatic heterocycles. The Balaban J connectivity index is 2.35. The molecule has 0 atom stereocenters. The van der Waals surface area contributed by atoms with Gasteiger partial charge in [-0.1, -0.05) is 35.8 Å². The molecule has 6 heteroatoms. The number of aryl methyl sites for hydroxylation is 1. The average Bonchev–Trinajstić information content (AvgIpc) is 2.50. The Bertz CT molecular complexity index is 771. The summed E-state index contributed by atoms with van der Waals surface area (Å²) >= 11 is 3.47. The molecule has 0 unspecified atom stereocenters. The third kappa shape index (κ3) is 3.96. The Kier molecular flexibility index (Phi) is 5.15. The number of esters is 1. The number of nitrogens with zero attached hydrogens (tertiary/aromatic N) is 1. The van der Waals surface area contributed by atoms with Crippen molar-refractivity contribution in [2.24, 2.45) is 0 Å². The molecule has 0 saturated carbocycles. The van der Waals surface area contributed by atoms with Crippen molar-refractivity contribution >= 4 is 27.6 Å². The normalized spacial score (nSPS) is 10.7. The first kappa shape index (κ1) is 17.1. The number of hydrogen-bond donors (Lipinski definition) is 0. The zero-order valence-corrected chi connectivity index (χ0v) is 14.6. The maximum atomic E-state index is 12.3. The molecule has 0 aliphatic rings. The van der Waals surface area contributed by atoms with E-state index in [2.05, 4.69) is 15.9 Å². The van der Waals surface area contributed by atoms with Gasteiger partial charge in [0.15, 0.2) is 0 Å². The standard InChI is InChI=1S/C17H16BrNO4/c1-10(2)14-9-15(18)11(3)7-16(14)23-17(20)12-5-4-6-13(8-12)19(21)22/h4-10H,1-3H3. The SMILES string of the molecule is Cc1cc(OC(=O)c2cccc([N+](=O)[O-])c2)c(C(C)C)cc1Br. The molecule has 0 amide bonds. The summed E-state index contributed by atoms with van der Waals surface area (Å²) in [5.41, 5.74) is 1.84. The molecule has 0 radical (unpaired) electrons. The van der Waals surface area contributed by atoms with Crippen LogP contribution < -0.4 is 4.74 Å². The summed E-state index contributed by atoms with van der Waals surface area (Å²) in [5.74, 6) is 0.0225. The highest BCUT2D eigenvalue weighted by Gasteiger charge is 2.17. The Morgan fingerprint density at radius 2 is 1.96 bits per heavy atom. The molecule has 0 saturated heterocycles. The lowest BCUT2D eigenvalue weighted by atomic mass is 10.0. The minimum Gasteiger partial charge on any atom is -0.423 e. The van der Waals surface area contributed by atoms with E-state index in [0.717, 1.165) is 15.6 Å². The van der Waals surface area contributed by atoms with Gasteiger partial charge in [0.25, 0.3) is 5.69 Å². The zero-order valence-electron chi connectivity index (χ0n) is 13.0. The zero-order chi connectivity index (χ0) is 17.1. The molecule has 2 rings (SSSR count). The van der Waals surface area contributed by atoms with E-state index >= 15 is 0 Å². The van der Waals surface area contributed by atoms with Gasteiger partial charge in [0.05, 0.1) is 10.5 Å². The molecule has 5 nitrogen and oxygen atoms in total. The molecule has 0 bridgehead atoms. The second-order valence-electron chi connectivity index (χ2n) is 5.49. The van der Waals surface area contributed by atoms with Crippen molar-refractivity contribution < 1.29 is 14.5 Å². The number of carbonyl (C=O) groups excluding carboxylic acids is 1. The number of nitro benzene ring substituents is 1. The highest BCUT2D eigenvalue weighted by molar-refractivity contribution is 9.10. The number of ether oxygens (including phenoxy) is 1. The third-order valence-electron chi connectivity index (χ3n) is 3.41. The lowest BCUT2D eigenvalue weighted by Gasteiger charge is -2.15. The fraction of sp³-hybridized carbons (Fsp3) is 0.235. The lowest BCUT2D eigenvalue weighted by molar-refractivity contribution is -0.384. The van der Waals surface area contributed by atoms with Crippen LogP contribution in [0.3, 0.4) is 0 Å². The molecule has 0 heterocycles. The van der Waals surface area contributed by atoms with Crippen molar-refractivity contribution in [3.63, 3.8) is 0 Å². The molecule has 0 fully saturated rings. The van der Waals surface area contributed by atoms with Crippen molar-refractivity contribution in [2.45, 2.75) is 26.7 Å². The van der Waals surface area contributed by atoms with Crippen LogP contribution in [-0.4, -0.2) is 10.9 Å². The summed E-state index contributed by atoms with van der Waals surface area (Å²) in [7, 11) is 0. The van der Waals surface area contributed by atoms with E-state index in [1.54, 1.807) is 6.07 Å². The van der Waals surface area contributed by atoms with E-state index in [-0.39, 0.29) is 17.2 Å². The first-order valence-electron chi connectivity index (χ1n) is 7.06. The number of rotatable bonds is 4. The first-order chi connectivity index (χ1) is 10.8. The maximum Gasteiger partial charge on any atom is 0.343 e. The quantitative estimate of drug-likeness (QED) is 0.325. The molecular weight excluding hydrogens is 362 g/mol. The molecule has 0 N–H and O–H groups in total. The van der Waals surface area contributed by atoms with Gasteiger partial charge in [0, 0.05) is 16.6 Å². The van der Waals surface area contributed by atoms with Gasteiger partial charge in [-0.05, 0) is 42.2 Å². The van der Waals surface area contributed by atoms with Crippen LogP contribution in [0.5, 0.6) is 5.75 Å². The molecule has 2 aromatic carbocycles. The molecule has 0 spiro atoms. The van der Waals surface area contributed by atoms with Gasteiger partial charge < -0.3 is 4.74 Å². The van der Waals surface area contributed by atoms with Crippen molar-refractivity contribution in [3.05, 3.63) is 67.7 Å². The van der Waals surface area contributed by atoms with E-state index < -0.39 is 10.9 Å². The van der Waals surface area contributed by atoms with Gasteiger partial charge in [0.1, 0.15) is 5.75 Å². The second-order valence-corrected chi connectivity index (χ2v) is 6.35. The third-order valence-corrected chi connectivity index (χ3v) is 4.26. The summed E-state index contributed by atoms with van der Waals surface area (Å²) in [6.07, 6.45) is 0. The molecule has 2 aromatic rings. The summed E-state index contributed by atoms with van der Waals surface area (Å²) in [4.78, 5) is 22.6. The summed E-state index contributed by atoms with van der Waals surface area (Å²) in [6, 6.07) is 9.22. The van der Waals surface area contributed by atoms with Crippen molar-refractivity contribution in [3.8, 4) is 5.75 Å². The van der Waals surface area contributed by atoms with E-state index in [4.69, 9.17) is 4.74 Å². The van der Waals surface area contributed by atoms with Gasteiger partial charge >= 0.3 is 5.97 Å². The largest absolute Gasteiger partial charge is 0.423 e. The van der Waals surface area contributed by atoms with Crippen LogP contribution in [0, 0.1) is 17.0 Å². The molecular formula is C17H16BrNO4. The van der Waals surface area contributed by atoms with Gasteiger partial charge in [0.2, 0.25) is 0 Å². The molecule has 0 aliphatic heterocycles. The van der Waals surface area contributed by atoms with Crippen molar-refractivity contribution in [2.75, 3.05) is 0 Å². The van der Waals surface area contributed by atoms with E-state index in [9.17, 15) is 14.9 Å². The number of nitro groups is 1. The Hall–Kier alpha value is -2.21. The maximum absolute atomic E-state index is 12.3. The van der Waals surface area contributed by atoms with E-state index in [1.165, 1.54) is 24.3 Å². The monoisotopic (exact) mass is 377 g/mol. The Labute approximate surface area is 142 Å². The topological polar surface area (TPSA) is 69.4 Å². The van der Waals surface area contributed by atoms with Gasteiger partial charge in [-0.15, -0.1) is 0 Å². The Morgan fingerprint density at radius 1 is 1.26 bits per heavy atom. The smallest absolute Gasteiger partial charge is 0.343 e. The number of halogens is 1. The molecule has 120 valence electrons. The fourth-order valence-corrected chi connectivity index (χ4v) is 2.48. The van der Waals surface area contributed by atoms with Crippen molar-refractivity contribution in [1.82, 2.24) is 0 Å². The second kappa shape index (κ2) is 6.91. The highest BCUT2D eigenvalue weighted by Crippen LogP contribution is 2.32. The highest BCUT2D eigenvalue weighted by atomic mass is 79.9. The van der Waals surface area contributed by atoms with Crippen LogP contribution in [0.25, 0.3) is 0 Å². The molecule has 23 heavy (non-hydrogen) atoms. The average molecular weight is 378 g/mol. The first-order valence-corrected chi connectivity index (χ1v) is 7.85. The van der Waals surface area contributed by atoms with E-state index in [0.29, 0.717) is 5.75 Å². The van der Waals surface area contributed by atoms with Crippen LogP contribution in [0.4, 0.5) is 5.69 Å². The fourth-order valence-electron chi connectivity index (χ4n) is 2.12. The summed E-state index contributed by atoms with van der Waals surface area (Å²) in [6.45, 7) is 5.91. The van der Waals surface area contributed by atoms with Crippen LogP contribution >= 0.6 is 15.9 Å². The summed E-state index contributed by atoms with van der Waals surface area (Å²) in [5, 5.41) is 10.8. The van der Waals surface area contributed by atoms with Crippen LogP contribution in [0.1, 0.15) is 41.3 Å². The lowest BCUT2D eigenvalue weighted by Crippen LogP contribution is -2.11. The predicted octanol–water partition coefficient (Wildman–Crippen LogP) is 5.01. The summed E-state index contributed by atoms with van der Waals surface area (Å²) < 4.78 is 6.42. The number of hydrogen-bond acceptors (Lipinski definition) is 4.